The minimum absolute atomic E-state index is 0.0665. The van der Waals surface area contributed by atoms with Crippen LogP contribution in [0.3, 0.4) is 0 Å². The highest BCUT2D eigenvalue weighted by atomic mass is 32.1. The Morgan fingerprint density at radius 1 is 0.968 bits per heavy atom. The van der Waals surface area contributed by atoms with Crippen molar-refractivity contribution in [2.45, 2.75) is 83.5 Å². The van der Waals surface area contributed by atoms with Gasteiger partial charge >= 0.3 is 6.18 Å². The fourth-order valence-electron chi connectivity index (χ4n) is 7.46. The van der Waals surface area contributed by atoms with E-state index in [1.54, 1.807) is 56.3 Å². The smallest absolute Gasteiger partial charge is 0.419 e. The molecule has 1 fully saturated rings. The summed E-state index contributed by atoms with van der Waals surface area (Å²) in [6, 6.07) is 13.2. The normalized spacial score (nSPS) is 15.1. The van der Waals surface area contributed by atoms with Crippen LogP contribution < -0.4 is 30.5 Å². The average Bonchev–Trinajstić information content (AvgIpc) is 3.57. The number of hydrogen-bond acceptors (Lipinski definition) is 8. The summed E-state index contributed by atoms with van der Waals surface area (Å²) in [4.78, 5) is 79.1. The van der Waals surface area contributed by atoms with Crippen molar-refractivity contribution >= 4 is 70.2 Å². The van der Waals surface area contributed by atoms with Crippen LogP contribution in [0.1, 0.15) is 85.0 Å². The molecule has 3 aromatic rings. The highest BCUT2D eigenvalue weighted by Crippen LogP contribution is 2.42. The first kappa shape index (κ1) is 46.9. The van der Waals surface area contributed by atoms with E-state index in [4.69, 9.17) is 17.0 Å². The predicted molar refractivity (Wildman–Crippen MR) is 228 cm³/mol. The molecule has 3 N–H and O–H groups in total. The number of hydrogen-bond donors (Lipinski definition) is 3. The van der Waals surface area contributed by atoms with Crippen LogP contribution in [-0.2, 0) is 36.6 Å². The minimum atomic E-state index is -4.97. The highest BCUT2D eigenvalue weighted by Gasteiger charge is 2.52. The summed E-state index contributed by atoms with van der Waals surface area (Å²) in [6.07, 6.45) is -1.61. The molecular weight excluding hydrogens is 833 g/mol. The topological polar surface area (TPSA) is 157 Å². The third-order valence-electron chi connectivity index (χ3n) is 10.7. The van der Waals surface area contributed by atoms with E-state index < -0.39 is 58.5 Å². The molecular formula is C44H48F4N6O7S. The second-order valence-corrected chi connectivity index (χ2v) is 15.7. The lowest BCUT2D eigenvalue weighted by atomic mass is 10.0. The van der Waals surface area contributed by atoms with E-state index in [1.165, 1.54) is 16.8 Å². The van der Waals surface area contributed by atoms with E-state index in [0.29, 0.717) is 62.0 Å². The molecule has 5 rings (SSSR count). The Morgan fingerprint density at radius 2 is 1.63 bits per heavy atom. The summed E-state index contributed by atoms with van der Waals surface area (Å²) >= 11 is 5.54. The lowest BCUT2D eigenvalue weighted by Gasteiger charge is -2.29. The van der Waals surface area contributed by atoms with E-state index in [0.717, 1.165) is 29.5 Å². The third-order valence-corrected chi connectivity index (χ3v) is 11.0. The molecule has 0 aromatic heterocycles. The number of nitrogens with one attached hydrogen (secondary N) is 3. The Kier molecular flexibility index (Phi) is 14.9. The zero-order valence-corrected chi connectivity index (χ0v) is 35.6. The Balaban J connectivity index is 1.02. The number of carbonyl (C=O) groups excluding carboxylic acids is 6. The number of ether oxygens (including phenoxy) is 1. The second-order valence-electron chi connectivity index (χ2n) is 15.3. The summed E-state index contributed by atoms with van der Waals surface area (Å²) in [6.45, 7) is 8.58. The van der Waals surface area contributed by atoms with Crippen molar-refractivity contribution in [2.75, 3.05) is 36.5 Å². The molecule has 18 heteroatoms. The molecule has 1 saturated heterocycles. The molecule has 0 saturated carbocycles. The number of aldehydes is 1. The van der Waals surface area contributed by atoms with Crippen LogP contribution in [0.25, 0.3) is 5.70 Å². The van der Waals surface area contributed by atoms with Crippen LogP contribution in [0.2, 0.25) is 0 Å². The number of fused-ring (bicyclic) bond motifs is 1. The molecule has 2 aliphatic rings. The Labute approximate surface area is 361 Å². The van der Waals surface area contributed by atoms with Crippen LogP contribution >= 0.6 is 12.2 Å². The van der Waals surface area contributed by atoms with Gasteiger partial charge in [-0.3, -0.25) is 33.8 Å². The maximum atomic E-state index is 15.3. The van der Waals surface area contributed by atoms with E-state index in [2.05, 4.69) is 22.5 Å². The number of carbonyl (C=O) groups is 6. The zero-order valence-electron chi connectivity index (χ0n) is 34.7. The highest BCUT2D eigenvalue weighted by molar-refractivity contribution is 7.81. The van der Waals surface area contributed by atoms with E-state index in [1.807, 2.05) is 0 Å². The SMILES string of the molecule is C=C1c2cccc(OCC(=O)NCCCCNC(=O)CCCc3ccc(N4C(=S)N(c5ccc(C)c(C(F)(F)F)c5F)C(=O)C4(C)C)cc3)c2C(=O)N1C(CCC=O)C(=O)NC. The second kappa shape index (κ2) is 19.7. The van der Waals surface area contributed by atoms with Gasteiger partial charge in [-0.2, -0.15) is 13.2 Å². The number of nitrogens with zero attached hydrogens (tertiary/aromatic N) is 3. The number of unbranched alkanes of at least 4 members (excludes halogenated alkanes) is 1. The number of halogens is 4. The van der Waals surface area contributed by atoms with Gasteiger partial charge in [-0.1, -0.05) is 36.9 Å². The minimum Gasteiger partial charge on any atom is -0.483 e. The quantitative estimate of drug-likeness (QED) is 0.0569. The van der Waals surface area contributed by atoms with Gasteiger partial charge in [-0.15, -0.1) is 0 Å². The Hall–Kier alpha value is -6.17. The summed E-state index contributed by atoms with van der Waals surface area (Å²) in [5.41, 5.74) is -1.37. The van der Waals surface area contributed by atoms with Crippen molar-refractivity contribution in [3.63, 3.8) is 0 Å². The first-order valence-electron chi connectivity index (χ1n) is 20.0. The predicted octanol–water partition coefficient (Wildman–Crippen LogP) is 6.00. The molecule has 2 aliphatic heterocycles. The van der Waals surface area contributed by atoms with Gasteiger partial charge in [-0.05, 0) is 100 Å². The molecule has 0 radical (unpaired) electrons. The number of rotatable bonds is 19. The number of anilines is 2. The maximum absolute atomic E-state index is 15.3. The van der Waals surface area contributed by atoms with Gasteiger partial charge in [0.15, 0.2) is 17.5 Å². The van der Waals surface area contributed by atoms with Gasteiger partial charge < -0.3 is 30.4 Å². The summed E-state index contributed by atoms with van der Waals surface area (Å²) in [5.74, 6) is -3.62. The largest absolute Gasteiger partial charge is 0.483 e. The summed E-state index contributed by atoms with van der Waals surface area (Å²) in [7, 11) is 1.44. The lowest BCUT2D eigenvalue weighted by Crippen LogP contribution is -2.45. The average molecular weight is 881 g/mol. The van der Waals surface area contributed by atoms with Crippen LogP contribution in [0, 0.1) is 12.7 Å². The van der Waals surface area contributed by atoms with Gasteiger partial charge in [-0.25, -0.2) is 4.39 Å². The first-order valence-corrected chi connectivity index (χ1v) is 20.4. The standard InChI is InChI=1S/C44H48F4N6O7S/c1-26-16-21-31(38(45)37(26)44(46,47)48)53-41(60)43(3,4)54(42(53)62)29-19-17-28(18-20-29)11-8-15-34(56)50-22-6-7-23-51-35(57)25-61-33-14-9-12-30-27(2)52(40(59)36(30)33)32(13-10-24-55)39(58)49-5/h9,12,14,16-21,24,32H,2,6-8,10-11,13,15,22-23,25H2,1,3-5H3,(H,49,58)(H,50,56)(H,51,57). The third kappa shape index (κ3) is 9.96. The number of thiocarbonyl (C=S) groups is 1. The molecule has 330 valence electrons. The van der Waals surface area contributed by atoms with Crippen molar-refractivity contribution in [1.29, 1.82) is 0 Å². The number of alkyl halides is 3. The summed E-state index contributed by atoms with van der Waals surface area (Å²) < 4.78 is 62.0. The number of aryl methyl sites for hydroxylation is 2. The van der Waals surface area contributed by atoms with Crippen molar-refractivity contribution in [3.05, 3.63) is 94.8 Å². The van der Waals surface area contributed by atoms with Crippen LogP contribution in [0.15, 0.2) is 61.2 Å². The van der Waals surface area contributed by atoms with Crippen LogP contribution in [-0.4, -0.2) is 84.2 Å². The van der Waals surface area contributed by atoms with Gasteiger partial charge in [0.05, 0.1) is 16.8 Å². The number of likely N-dealkylation sites (N-methyl/N-ethyl adjacent to an activating group) is 1. The van der Waals surface area contributed by atoms with Gasteiger partial charge in [0.2, 0.25) is 11.8 Å². The molecule has 13 nitrogen and oxygen atoms in total. The molecule has 3 aromatic carbocycles. The Morgan fingerprint density at radius 3 is 2.26 bits per heavy atom. The fraction of sp³-hybridized carbons (Fsp3) is 0.386. The van der Waals surface area contributed by atoms with E-state index >= 15 is 4.39 Å². The molecule has 1 unspecified atom stereocenters. The van der Waals surface area contributed by atoms with Gasteiger partial charge in [0.25, 0.3) is 17.7 Å². The number of amides is 5. The van der Waals surface area contributed by atoms with Crippen LogP contribution in [0.5, 0.6) is 5.75 Å². The molecule has 5 amide bonds. The Bertz CT molecular complexity index is 2270. The lowest BCUT2D eigenvalue weighted by molar-refractivity contribution is -0.140. The molecule has 62 heavy (non-hydrogen) atoms. The zero-order chi connectivity index (χ0) is 45.5. The molecule has 0 aliphatic carbocycles. The molecule has 0 spiro atoms. The van der Waals surface area contributed by atoms with E-state index in [-0.39, 0.29) is 53.8 Å². The fourth-order valence-corrected chi connectivity index (χ4v) is 7.98. The molecule has 2 heterocycles. The number of benzene rings is 3. The van der Waals surface area contributed by atoms with Gasteiger partial charge in [0, 0.05) is 49.9 Å². The van der Waals surface area contributed by atoms with Crippen molar-refractivity contribution < 1.29 is 51.1 Å². The maximum Gasteiger partial charge on any atom is 0.419 e. The van der Waals surface area contributed by atoms with Gasteiger partial charge in [0.1, 0.15) is 23.6 Å². The van der Waals surface area contributed by atoms with Crippen LogP contribution in [0.4, 0.5) is 28.9 Å². The molecule has 0 bridgehead atoms. The van der Waals surface area contributed by atoms with Crippen molar-refractivity contribution in [3.8, 4) is 5.75 Å². The van der Waals surface area contributed by atoms with Crippen molar-refractivity contribution in [1.82, 2.24) is 20.9 Å². The first-order chi connectivity index (χ1) is 29.3. The van der Waals surface area contributed by atoms with Crippen molar-refractivity contribution in [2.24, 2.45) is 0 Å². The van der Waals surface area contributed by atoms with E-state index in [9.17, 15) is 41.9 Å². The monoisotopic (exact) mass is 880 g/mol. The summed E-state index contributed by atoms with van der Waals surface area (Å²) in [5, 5.41) is 7.96. The molecule has 1 atom stereocenters.